The van der Waals surface area contributed by atoms with Crippen LogP contribution in [0.3, 0.4) is 0 Å². The SMILES string of the molecule is CSc1nc(N)cc(Oc2ccc(-c3nc(Nc4cc(C(C)(C)C)nn4-c4ccc5cccnc5c4)n[nH]3)cc2)n1. The lowest BCUT2D eigenvalue weighted by molar-refractivity contribution is 0.456. The largest absolute Gasteiger partial charge is 0.439 e. The molecular weight excluding hydrogens is 536 g/mol. The molecule has 0 fully saturated rings. The van der Waals surface area contributed by atoms with Crippen LogP contribution in [0.5, 0.6) is 11.6 Å². The van der Waals surface area contributed by atoms with Gasteiger partial charge in [-0.25, -0.2) is 9.67 Å². The number of nitrogens with one attached hydrogen (secondary N) is 2. The summed E-state index contributed by atoms with van der Waals surface area (Å²) in [6, 6.07) is 21.1. The van der Waals surface area contributed by atoms with Gasteiger partial charge in [-0.1, -0.05) is 44.7 Å². The van der Waals surface area contributed by atoms with Gasteiger partial charge < -0.3 is 15.8 Å². The number of benzene rings is 2. The van der Waals surface area contributed by atoms with Crippen molar-refractivity contribution in [1.82, 2.24) is 39.9 Å². The van der Waals surface area contributed by atoms with Crippen molar-refractivity contribution >= 4 is 40.2 Å². The molecule has 0 amide bonds. The Morgan fingerprint density at radius 1 is 0.976 bits per heavy atom. The molecule has 206 valence electrons. The fourth-order valence-electron chi connectivity index (χ4n) is 4.15. The van der Waals surface area contributed by atoms with Crippen LogP contribution in [0.25, 0.3) is 28.0 Å². The molecule has 6 aromatic rings. The number of rotatable bonds is 7. The minimum atomic E-state index is -0.154. The summed E-state index contributed by atoms with van der Waals surface area (Å²) in [6.45, 7) is 6.39. The molecule has 0 saturated carbocycles. The summed E-state index contributed by atoms with van der Waals surface area (Å²) in [5, 5.41) is 17.3. The molecule has 12 heteroatoms. The van der Waals surface area contributed by atoms with E-state index in [4.69, 9.17) is 15.6 Å². The van der Waals surface area contributed by atoms with Gasteiger partial charge in [0.25, 0.3) is 0 Å². The van der Waals surface area contributed by atoms with Crippen LogP contribution in [0, 0.1) is 0 Å². The van der Waals surface area contributed by atoms with E-state index in [0.717, 1.165) is 33.7 Å². The maximum absolute atomic E-state index is 5.87. The first-order valence-electron chi connectivity index (χ1n) is 12.9. The Labute approximate surface area is 240 Å². The normalized spacial score (nSPS) is 11.6. The number of aromatic amines is 1. The second kappa shape index (κ2) is 10.5. The number of hydrogen-bond donors (Lipinski definition) is 3. The van der Waals surface area contributed by atoms with Crippen molar-refractivity contribution in [2.24, 2.45) is 0 Å². The first-order valence-corrected chi connectivity index (χ1v) is 14.1. The molecule has 0 aliphatic carbocycles. The predicted octanol–water partition coefficient (Wildman–Crippen LogP) is 6.13. The monoisotopic (exact) mass is 564 g/mol. The highest BCUT2D eigenvalue weighted by Gasteiger charge is 2.22. The predicted molar refractivity (Wildman–Crippen MR) is 161 cm³/mol. The van der Waals surface area contributed by atoms with Crippen molar-refractivity contribution < 1.29 is 4.74 Å². The summed E-state index contributed by atoms with van der Waals surface area (Å²) in [5.74, 6) is 3.11. The van der Waals surface area contributed by atoms with Crippen molar-refractivity contribution in [3.05, 3.63) is 78.6 Å². The number of thioether (sulfide) groups is 1. The van der Waals surface area contributed by atoms with Gasteiger partial charge in [-0.15, -0.1) is 5.10 Å². The lowest BCUT2D eigenvalue weighted by atomic mass is 9.92. The van der Waals surface area contributed by atoms with Crippen LogP contribution in [-0.4, -0.2) is 46.2 Å². The second-order valence-corrected chi connectivity index (χ2v) is 11.1. The Balaban J connectivity index is 1.24. The van der Waals surface area contributed by atoms with Gasteiger partial charge >= 0.3 is 0 Å². The van der Waals surface area contributed by atoms with Crippen molar-refractivity contribution in [2.45, 2.75) is 31.3 Å². The number of fused-ring (bicyclic) bond motifs is 1. The van der Waals surface area contributed by atoms with E-state index in [1.807, 2.05) is 71.6 Å². The first kappa shape index (κ1) is 26.3. The fourth-order valence-corrected chi connectivity index (χ4v) is 4.53. The maximum atomic E-state index is 5.87. The Kier molecular flexibility index (Phi) is 6.75. The number of anilines is 3. The van der Waals surface area contributed by atoms with Crippen molar-refractivity contribution in [2.75, 3.05) is 17.3 Å². The summed E-state index contributed by atoms with van der Waals surface area (Å²) in [6.07, 6.45) is 3.67. The molecule has 6 rings (SSSR count). The number of hydrogen-bond acceptors (Lipinski definition) is 10. The van der Waals surface area contributed by atoms with Gasteiger partial charge in [0.05, 0.1) is 16.9 Å². The van der Waals surface area contributed by atoms with Crippen LogP contribution in [0.15, 0.2) is 78.1 Å². The van der Waals surface area contributed by atoms with E-state index in [1.54, 1.807) is 12.3 Å². The minimum absolute atomic E-state index is 0.154. The standard InChI is InChI=1S/C29H28N10OS/c1-29(2,3)22-15-24(39(38-22)19-10-7-17-6-5-13-31-21(17)14-19)33-27-35-26(36-37-27)18-8-11-20(12-9-18)40-25-16-23(30)32-28(34-25)41-4/h5-16H,1-4H3,(H2,30,32,34)(H2,33,35,36,37). The third-order valence-corrected chi connectivity index (χ3v) is 6.82. The molecule has 4 heterocycles. The lowest BCUT2D eigenvalue weighted by Crippen LogP contribution is -2.12. The molecule has 11 nitrogen and oxygen atoms in total. The number of aromatic nitrogens is 8. The number of nitrogens with zero attached hydrogens (tertiary/aromatic N) is 7. The topological polar surface area (TPSA) is 145 Å². The first-order chi connectivity index (χ1) is 19.7. The Morgan fingerprint density at radius 3 is 2.59 bits per heavy atom. The lowest BCUT2D eigenvalue weighted by Gasteiger charge is -2.14. The highest BCUT2D eigenvalue weighted by atomic mass is 32.2. The van der Waals surface area contributed by atoms with Crippen LogP contribution >= 0.6 is 11.8 Å². The zero-order valence-electron chi connectivity index (χ0n) is 23.0. The molecule has 2 aromatic carbocycles. The maximum Gasteiger partial charge on any atom is 0.248 e. The van der Waals surface area contributed by atoms with Crippen LogP contribution in [-0.2, 0) is 5.41 Å². The Morgan fingerprint density at radius 2 is 1.80 bits per heavy atom. The van der Waals surface area contributed by atoms with E-state index >= 15 is 0 Å². The highest BCUT2D eigenvalue weighted by molar-refractivity contribution is 7.98. The van der Waals surface area contributed by atoms with Crippen molar-refractivity contribution in [3.63, 3.8) is 0 Å². The van der Waals surface area contributed by atoms with Crippen LogP contribution in [0.4, 0.5) is 17.6 Å². The summed E-state index contributed by atoms with van der Waals surface area (Å²) in [4.78, 5) is 17.6. The van der Waals surface area contributed by atoms with Crippen molar-refractivity contribution in [1.29, 1.82) is 0 Å². The number of nitrogen functional groups attached to an aromatic ring is 1. The third kappa shape index (κ3) is 5.68. The molecule has 41 heavy (non-hydrogen) atoms. The molecule has 0 spiro atoms. The molecule has 0 aliphatic heterocycles. The molecule has 0 aliphatic rings. The molecular formula is C29H28N10OS. The van der Waals surface area contributed by atoms with Crippen molar-refractivity contribution in [3.8, 4) is 28.7 Å². The zero-order valence-corrected chi connectivity index (χ0v) is 23.8. The molecule has 0 bridgehead atoms. The molecule has 0 atom stereocenters. The average Bonchev–Trinajstić information content (AvgIpc) is 3.61. The average molecular weight is 565 g/mol. The summed E-state index contributed by atoms with van der Waals surface area (Å²) in [5.41, 5.74) is 9.25. The van der Waals surface area contributed by atoms with Gasteiger partial charge in [0.2, 0.25) is 11.8 Å². The molecule has 0 unspecified atom stereocenters. The molecule has 0 saturated heterocycles. The number of nitrogens with two attached hydrogens (primary N) is 1. The Hall–Kier alpha value is -4.97. The van der Waals surface area contributed by atoms with E-state index in [0.29, 0.717) is 34.4 Å². The third-order valence-electron chi connectivity index (χ3n) is 6.27. The van der Waals surface area contributed by atoms with Gasteiger partial charge in [-0.3, -0.25) is 10.1 Å². The van der Waals surface area contributed by atoms with Crippen LogP contribution in [0.1, 0.15) is 26.5 Å². The van der Waals surface area contributed by atoms with E-state index in [9.17, 15) is 0 Å². The fraction of sp³-hybridized carbons (Fsp3) is 0.172. The van der Waals surface area contributed by atoms with E-state index < -0.39 is 0 Å². The van der Waals surface area contributed by atoms with E-state index in [2.05, 4.69) is 56.2 Å². The molecule has 4 N–H and O–H groups in total. The van der Waals surface area contributed by atoms with Crippen LogP contribution < -0.4 is 15.8 Å². The van der Waals surface area contributed by atoms with Gasteiger partial charge in [0.1, 0.15) is 17.4 Å². The van der Waals surface area contributed by atoms with Gasteiger partial charge in [-0.05, 0) is 48.7 Å². The van der Waals surface area contributed by atoms with Gasteiger partial charge in [-0.2, -0.15) is 15.1 Å². The molecule has 4 aromatic heterocycles. The smallest absolute Gasteiger partial charge is 0.248 e. The summed E-state index contributed by atoms with van der Waals surface area (Å²) in [7, 11) is 0. The quantitative estimate of drug-likeness (QED) is 0.153. The van der Waals surface area contributed by atoms with Crippen LogP contribution in [0.2, 0.25) is 0 Å². The Bertz CT molecular complexity index is 1840. The number of pyridine rings is 1. The van der Waals surface area contributed by atoms with E-state index in [-0.39, 0.29) is 5.41 Å². The molecule has 0 radical (unpaired) electrons. The zero-order chi connectivity index (χ0) is 28.6. The van der Waals surface area contributed by atoms with E-state index in [1.165, 1.54) is 11.8 Å². The van der Waals surface area contributed by atoms with Gasteiger partial charge in [0, 0.05) is 34.7 Å². The number of ether oxygens (including phenoxy) is 1. The second-order valence-electron chi connectivity index (χ2n) is 10.3. The number of H-pyrrole nitrogens is 1. The summed E-state index contributed by atoms with van der Waals surface area (Å²) < 4.78 is 7.73. The van der Waals surface area contributed by atoms with Gasteiger partial charge in [0.15, 0.2) is 11.0 Å². The summed E-state index contributed by atoms with van der Waals surface area (Å²) >= 11 is 1.40. The minimum Gasteiger partial charge on any atom is -0.439 e. The highest BCUT2D eigenvalue weighted by Crippen LogP contribution is 2.30.